The van der Waals surface area contributed by atoms with Crippen molar-refractivity contribution in [2.75, 3.05) is 25.1 Å². The number of anilines is 1. The van der Waals surface area contributed by atoms with E-state index >= 15 is 0 Å². The number of amides is 1. The second kappa shape index (κ2) is 10.0. The Kier molecular flexibility index (Phi) is 7.41. The van der Waals surface area contributed by atoms with Gasteiger partial charge in [-0.3, -0.25) is 4.79 Å². The molecule has 0 aliphatic carbocycles. The summed E-state index contributed by atoms with van der Waals surface area (Å²) in [6, 6.07) is 9.91. The van der Waals surface area contributed by atoms with Gasteiger partial charge >= 0.3 is 0 Å². The van der Waals surface area contributed by atoms with Gasteiger partial charge in [-0.25, -0.2) is 17.5 Å². The van der Waals surface area contributed by atoms with Gasteiger partial charge in [0, 0.05) is 19.6 Å². The molecule has 0 aromatic heterocycles. The van der Waals surface area contributed by atoms with E-state index in [2.05, 4.69) is 10.0 Å². The van der Waals surface area contributed by atoms with Crippen LogP contribution in [0, 0.1) is 12.7 Å². The first-order valence-corrected chi connectivity index (χ1v) is 11.2. The van der Waals surface area contributed by atoms with Crippen molar-refractivity contribution in [2.24, 2.45) is 0 Å². The zero-order chi connectivity index (χ0) is 21.6. The summed E-state index contributed by atoms with van der Waals surface area (Å²) >= 11 is 0. The van der Waals surface area contributed by atoms with Crippen molar-refractivity contribution in [3.63, 3.8) is 0 Å². The quantitative estimate of drug-likeness (QED) is 0.630. The smallest absolute Gasteiger partial charge is 0.240 e. The van der Waals surface area contributed by atoms with Crippen LogP contribution in [0.25, 0.3) is 0 Å². The first-order chi connectivity index (χ1) is 14.3. The minimum absolute atomic E-state index is 0.0509. The van der Waals surface area contributed by atoms with Crippen molar-refractivity contribution >= 4 is 21.6 Å². The molecule has 0 radical (unpaired) electrons. The largest absolute Gasteiger partial charge is 0.489 e. The molecule has 162 valence electrons. The van der Waals surface area contributed by atoms with E-state index in [-0.39, 0.29) is 29.9 Å². The molecule has 30 heavy (non-hydrogen) atoms. The number of nitrogens with one attached hydrogen (secondary N) is 2. The molecule has 2 N–H and O–H groups in total. The maximum Gasteiger partial charge on any atom is 0.240 e. The third-order valence-electron chi connectivity index (χ3n) is 4.63. The summed E-state index contributed by atoms with van der Waals surface area (Å²) in [5.74, 6) is -0.336. The van der Waals surface area contributed by atoms with Gasteiger partial charge in [-0.1, -0.05) is 6.07 Å². The predicted octanol–water partition coefficient (Wildman–Crippen LogP) is 3.00. The van der Waals surface area contributed by atoms with Gasteiger partial charge in [-0.2, -0.15) is 0 Å². The minimum atomic E-state index is -3.81. The maximum atomic E-state index is 13.0. The standard InChI is InChI=1S/C21H25FN2O5S/c1-15-4-9-19(20(13-15)29-14-17-3-2-12-28-17)24-21(25)10-11-23-30(26,27)18-7-5-16(22)6-8-18/h4-9,13,17,23H,2-3,10-12,14H2,1H3,(H,24,25). The molecule has 1 aliphatic heterocycles. The Hall–Kier alpha value is -2.49. The second-order valence-corrected chi connectivity index (χ2v) is 8.86. The van der Waals surface area contributed by atoms with Crippen molar-refractivity contribution in [1.29, 1.82) is 0 Å². The minimum Gasteiger partial charge on any atom is -0.489 e. The average Bonchev–Trinajstić information content (AvgIpc) is 3.22. The third-order valence-corrected chi connectivity index (χ3v) is 6.10. The van der Waals surface area contributed by atoms with E-state index in [1.807, 2.05) is 19.1 Å². The van der Waals surface area contributed by atoms with E-state index in [1.165, 1.54) is 12.1 Å². The topological polar surface area (TPSA) is 93.7 Å². The highest BCUT2D eigenvalue weighted by Gasteiger charge is 2.18. The molecule has 1 saturated heterocycles. The number of rotatable bonds is 9. The summed E-state index contributed by atoms with van der Waals surface area (Å²) in [5.41, 5.74) is 1.51. The first kappa shape index (κ1) is 22.2. The molecule has 9 heteroatoms. The number of sulfonamides is 1. The van der Waals surface area contributed by atoms with Gasteiger partial charge in [0.25, 0.3) is 0 Å². The molecular formula is C21H25FN2O5S. The highest BCUT2D eigenvalue weighted by molar-refractivity contribution is 7.89. The SMILES string of the molecule is Cc1ccc(NC(=O)CCNS(=O)(=O)c2ccc(F)cc2)c(OCC2CCCO2)c1. The average molecular weight is 437 g/mol. The number of hydrogen-bond donors (Lipinski definition) is 2. The van der Waals surface area contributed by atoms with Gasteiger partial charge in [0.05, 0.1) is 16.7 Å². The van der Waals surface area contributed by atoms with Gasteiger partial charge in [0.1, 0.15) is 18.2 Å². The van der Waals surface area contributed by atoms with Crippen LogP contribution >= 0.6 is 0 Å². The molecule has 0 saturated carbocycles. The number of aryl methyl sites for hydroxylation is 1. The zero-order valence-electron chi connectivity index (χ0n) is 16.7. The lowest BCUT2D eigenvalue weighted by molar-refractivity contribution is -0.116. The van der Waals surface area contributed by atoms with Crippen LogP contribution in [-0.4, -0.2) is 40.2 Å². The van der Waals surface area contributed by atoms with Crippen molar-refractivity contribution in [1.82, 2.24) is 4.72 Å². The van der Waals surface area contributed by atoms with Crippen LogP contribution in [0.3, 0.4) is 0 Å². The maximum absolute atomic E-state index is 13.0. The first-order valence-electron chi connectivity index (χ1n) is 9.73. The summed E-state index contributed by atoms with van der Waals surface area (Å²) in [6.07, 6.45) is 1.94. The van der Waals surface area contributed by atoms with Crippen LogP contribution < -0.4 is 14.8 Å². The summed E-state index contributed by atoms with van der Waals surface area (Å²) in [6.45, 7) is 2.97. The lowest BCUT2D eigenvalue weighted by Gasteiger charge is -2.16. The monoisotopic (exact) mass is 436 g/mol. The number of halogens is 1. The Morgan fingerprint density at radius 2 is 2.00 bits per heavy atom. The van der Waals surface area contributed by atoms with Crippen LogP contribution in [0.1, 0.15) is 24.8 Å². The molecule has 3 rings (SSSR count). The fourth-order valence-corrected chi connectivity index (χ4v) is 4.05. The number of carbonyl (C=O) groups excluding carboxylic acids is 1. The Morgan fingerprint density at radius 3 is 2.70 bits per heavy atom. The summed E-state index contributed by atoms with van der Waals surface area (Å²) in [5, 5.41) is 2.76. The molecule has 1 aliphatic rings. The van der Waals surface area contributed by atoms with Gasteiger partial charge in [-0.05, 0) is 61.7 Å². The number of hydrogen-bond acceptors (Lipinski definition) is 5. The molecular weight excluding hydrogens is 411 g/mol. The molecule has 1 atom stereocenters. The van der Waals surface area contributed by atoms with E-state index in [0.717, 1.165) is 37.1 Å². The van der Waals surface area contributed by atoms with E-state index in [1.54, 1.807) is 6.07 Å². The molecule has 2 aromatic carbocycles. The molecule has 1 heterocycles. The Balaban J connectivity index is 1.53. The summed E-state index contributed by atoms with van der Waals surface area (Å²) in [7, 11) is -3.81. The molecule has 1 fully saturated rings. The van der Waals surface area contributed by atoms with Gasteiger partial charge in [0.15, 0.2) is 0 Å². The van der Waals surface area contributed by atoms with Crippen LogP contribution in [0.2, 0.25) is 0 Å². The van der Waals surface area contributed by atoms with Crippen LogP contribution in [0.5, 0.6) is 5.75 Å². The molecule has 0 bridgehead atoms. The van der Waals surface area contributed by atoms with Crippen molar-refractivity contribution in [3.05, 3.63) is 53.8 Å². The van der Waals surface area contributed by atoms with E-state index in [9.17, 15) is 17.6 Å². The predicted molar refractivity (Wildman–Crippen MR) is 110 cm³/mol. The lowest BCUT2D eigenvalue weighted by Crippen LogP contribution is -2.28. The van der Waals surface area contributed by atoms with Gasteiger partial charge < -0.3 is 14.8 Å². The lowest BCUT2D eigenvalue weighted by atomic mass is 10.2. The van der Waals surface area contributed by atoms with Gasteiger partial charge in [0.2, 0.25) is 15.9 Å². The third kappa shape index (κ3) is 6.25. The Labute approximate surface area is 175 Å². The molecule has 1 unspecified atom stereocenters. The fraction of sp³-hybridized carbons (Fsp3) is 0.381. The normalized spacial score (nSPS) is 16.4. The van der Waals surface area contributed by atoms with Crippen molar-refractivity contribution < 1.29 is 27.1 Å². The van der Waals surface area contributed by atoms with Crippen LogP contribution in [0.4, 0.5) is 10.1 Å². The Morgan fingerprint density at radius 1 is 1.23 bits per heavy atom. The second-order valence-electron chi connectivity index (χ2n) is 7.10. The van der Waals surface area contributed by atoms with E-state index in [0.29, 0.717) is 18.0 Å². The number of carbonyl (C=O) groups is 1. The fourth-order valence-electron chi connectivity index (χ4n) is 3.02. The van der Waals surface area contributed by atoms with Crippen molar-refractivity contribution in [3.8, 4) is 5.75 Å². The summed E-state index contributed by atoms with van der Waals surface area (Å²) in [4.78, 5) is 12.2. The van der Waals surface area contributed by atoms with E-state index in [4.69, 9.17) is 9.47 Å². The number of benzene rings is 2. The highest BCUT2D eigenvalue weighted by Crippen LogP contribution is 2.27. The molecule has 7 nitrogen and oxygen atoms in total. The number of ether oxygens (including phenoxy) is 2. The Bertz CT molecular complexity index is 973. The van der Waals surface area contributed by atoms with Crippen LogP contribution in [0.15, 0.2) is 47.4 Å². The molecule has 0 spiro atoms. The van der Waals surface area contributed by atoms with Crippen molar-refractivity contribution in [2.45, 2.75) is 37.2 Å². The molecule has 2 aromatic rings. The molecule has 1 amide bonds. The summed E-state index contributed by atoms with van der Waals surface area (Å²) < 4.78 is 51.1. The van der Waals surface area contributed by atoms with Crippen LogP contribution in [-0.2, 0) is 19.6 Å². The highest BCUT2D eigenvalue weighted by atomic mass is 32.2. The van der Waals surface area contributed by atoms with E-state index < -0.39 is 15.8 Å². The zero-order valence-corrected chi connectivity index (χ0v) is 17.5. The van der Waals surface area contributed by atoms with Gasteiger partial charge in [-0.15, -0.1) is 0 Å².